The van der Waals surface area contributed by atoms with Gasteiger partial charge in [0.1, 0.15) is 5.75 Å². The van der Waals surface area contributed by atoms with Gasteiger partial charge in [0.25, 0.3) is 0 Å². The van der Waals surface area contributed by atoms with Crippen molar-refractivity contribution in [2.24, 2.45) is 29.6 Å². The van der Waals surface area contributed by atoms with Crippen LogP contribution < -0.4 is 14.5 Å². The van der Waals surface area contributed by atoms with Crippen LogP contribution in [0.2, 0.25) is 0 Å². The van der Waals surface area contributed by atoms with E-state index in [0.29, 0.717) is 11.4 Å². The number of methoxy groups -OCH3 is 1. The first-order chi connectivity index (χ1) is 16.6. The summed E-state index contributed by atoms with van der Waals surface area (Å²) in [5.41, 5.74) is 1.80. The SMILES string of the molecule is COc1ccc(N2C(=O)C3C4CC(C3C2=O)C2C4Sc3[nH]c(=O)sc3[C@@H]2c2ccccc2)cc1. The maximum absolute atomic E-state index is 13.7. The largest absolute Gasteiger partial charge is 0.497 e. The highest BCUT2D eigenvalue weighted by Crippen LogP contribution is 2.68. The highest BCUT2D eigenvalue weighted by molar-refractivity contribution is 8.00. The van der Waals surface area contributed by atoms with Gasteiger partial charge >= 0.3 is 4.87 Å². The van der Waals surface area contributed by atoms with Gasteiger partial charge in [0.15, 0.2) is 0 Å². The fourth-order valence-electron chi connectivity index (χ4n) is 7.04. The summed E-state index contributed by atoms with van der Waals surface area (Å²) in [5, 5.41) is 1.15. The van der Waals surface area contributed by atoms with Crippen LogP contribution in [0.1, 0.15) is 22.8 Å². The molecule has 1 aromatic heterocycles. The summed E-state index contributed by atoms with van der Waals surface area (Å²) in [6, 6.07) is 17.5. The van der Waals surface area contributed by atoms with Crippen molar-refractivity contribution >= 4 is 40.6 Å². The Hall–Kier alpha value is -2.84. The van der Waals surface area contributed by atoms with Crippen LogP contribution in [0.25, 0.3) is 0 Å². The van der Waals surface area contributed by atoms with E-state index in [0.717, 1.165) is 16.3 Å². The Morgan fingerprint density at radius 3 is 2.35 bits per heavy atom. The summed E-state index contributed by atoms with van der Waals surface area (Å²) in [6.07, 6.45) is 0.897. The number of amides is 2. The third-order valence-electron chi connectivity index (χ3n) is 8.21. The fraction of sp³-hybridized carbons (Fsp3) is 0.346. The normalized spacial score (nSPS) is 33.1. The smallest absolute Gasteiger partial charge is 0.305 e. The lowest BCUT2D eigenvalue weighted by molar-refractivity contribution is -0.123. The zero-order valence-corrected chi connectivity index (χ0v) is 20.0. The number of ether oxygens (including phenoxy) is 1. The molecule has 2 bridgehead atoms. The number of nitrogens with one attached hydrogen (secondary N) is 1. The third kappa shape index (κ3) is 2.66. The van der Waals surface area contributed by atoms with E-state index in [1.807, 2.05) is 18.2 Å². The van der Waals surface area contributed by atoms with Crippen LogP contribution in [0.5, 0.6) is 5.75 Å². The molecule has 0 radical (unpaired) electrons. The van der Waals surface area contributed by atoms with Gasteiger partial charge in [0.2, 0.25) is 11.8 Å². The van der Waals surface area contributed by atoms with Gasteiger partial charge in [-0.05, 0) is 54.0 Å². The minimum Gasteiger partial charge on any atom is -0.497 e. The molecule has 3 heterocycles. The molecule has 8 heteroatoms. The van der Waals surface area contributed by atoms with E-state index in [1.54, 1.807) is 43.1 Å². The zero-order valence-electron chi connectivity index (χ0n) is 18.3. The first-order valence-corrected chi connectivity index (χ1v) is 13.2. The molecule has 2 saturated carbocycles. The van der Waals surface area contributed by atoms with Crippen LogP contribution in [-0.4, -0.2) is 29.2 Å². The number of hydrogen-bond acceptors (Lipinski definition) is 6. The second-order valence-electron chi connectivity index (χ2n) is 9.58. The number of imide groups is 1. The van der Waals surface area contributed by atoms with E-state index in [1.165, 1.54) is 21.8 Å². The van der Waals surface area contributed by atoms with Crippen LogP contribution in [0, 0.1) is 29.6 Å². The van der Waals surface area contributed by atoms with Crippen LogP contribution in [-0.2, 0) is 9.59 Å². The molecular weight excluding hydrogens is 468 g/mol. The number of carbonyl (C=O) groups is 2. The van der Waals surface area contributed by atoms with Crippen molar-refractivity contribution in [2.45, 2.75) is 22.6 Å². The number of carbonyl (C=O) groups excluding carboxylic acids is 2. The number of aromatic amines is 1. The van der Waals surface area contributed by atoms with E-state index in [2.05, 4.69) is 17.1 Å². The Bertz CT molecular complexity index is 1370. The second-order valence-corrected chi connectivity index (χ2v) is 11.8. The molecule has 7 atom stereocenters. The molecule has 7 rings (SSSR count). The Morgan fingerprint density at radius 2 is 1.65 bits per heavy atom. The van der Waals surface area contributed by atoms with Crippen molar-refractivity contribution in [2.75, 3.05) is 12.0 Å². The van der Waals surface area contributed by atoms with Crippen molar-refractivity contribution in [1.82, 2.24) is 4.98 Å². The zero-order chi connectivity index (χ0) is 23.1. The van der Waals surface area contributed by atoms with Gasteiger partial charge in [-0.25, -0.2) is 0 Å². The average molecular weight is 491 g/mol. The maximum atomic E-state index is 13.7. The predicted octanol–water partition coefficient (Wildman–Crippen LogP) is 4.12. The fourth-order valence-corrected chi connectivity index (χ4v) is 9.93. The molecule has 34 heavy (non-hydrogen) atoms. The van der Waals surface area contributed by atoms with E-state index in [4.69, 9.17) is 4.74 Å². The van der Waals surface area contributed by atoms with Gasteiger partial charge in [-0.3, -0.25) is 19.3 Å². The first-order valence-electron chi connectivity index (χ1n) is 11.5. The summed E-state index contributed by atoms with van der Waals surface area (Å²) in [4.78, 5) is 45.1. The topological polar surface area (TPSA) is 79.5 Å². The van der Waals surface area contributed by atoms with E-state index < -0.39 is 0 Å². The molecule has 0 spiro atoms. The van der Waals surface area contributed by atoms with Crippen molar-refractivity contribution in [1.29, 1.82) is 0 Å². The maximum Gasteiger partial charge on any atom is 0.305 e. The molecule has 2 aliphatic heterocycles. The molecular formula is C26H22N2O4S2. The lowest BCUT2D eigenvalue weighted by Crippen LogP contribution is -2.42. The number of nitrogens with zero attached hydrogens (tertiary/aromatic N) is 1. The van der Waals surface area contributed by atoms with Gasteiger partial charge in [-0.2, -0.15) is 0 Å². The number of fused-ring (bicyclic) bond motifs is 9. The van der Waals surface area contributed by atoms with Crippen LogP contribution in [0.4, 0.5) is 5.69 Å². The third-order valence-corrected chi connectivity index (χ3v) is 10.8. The summed E-state index contributed by atoms with van der Waals surface area (Å²) < 4.78 is 5.24. The molecule has 172 valence electrons. The lowest BCUT2D eigenvalue weighted by atomic mass is 9.68. The number of anilines is 1. The number of rotatable bonds is 3. The Balaban J connectivity index is 1.30. The first kappa shape index (κ1) is 20.5. The van der Waals surface area contributed by atoms with Crippen molar-refractivity contribution < 1.29 is 14.3 Å². The molecule has 4 aliphatic rings. The van der Waals surface area contributed by atoms with Crippen LogP contribution >= 0.6 is 23.1 Å². The molecule has 2 amide bonds. The lowest BCUT2D eigenvalue weighted by Gasteiger charge is -2.43. The number of thioether (sulfide) groups is 1. The number of benzene rings is 2. The summed E-state index contributed by atoms with van der Waals surface area (Å²) >= 11 is 3.01. The van der Waals surface area contributed by atoms with Gasteiger partial charge in [-0.1, -0.05) is 41.7 Å². The van der Waals surface area contributed by atoms with Crippen molar-refractivity contribution in [3.8, 4) is 5.75 Å². The Morgan fingerprint density at radius 1 is 0.941 bits per heavy atom. The van der Waals surface area contributed by atoms with Crippen molar-refractivity contribution in [3.63, 3.8) is 0 Å². The minimum atomic E-state index is -0.287. The second kappa shape index (κ2) is 7.33. The molecule has 2 aliphatic carbocycles. The molecule has 6 nitrogen and oxygen atoms in total. The Labute approximate surface area is 204 Å². The van der Waals surface area contributed by atoms with Crippen LogP contribution in [0.3, 0.4) is 0 Å². The standard InChI is InChI=1S/C26H22N2O4S2/c1-32-14-9-7-13(8-10-14)28-24(29)19-15-11-16(20(19)25(28)30)21-18(15)17(12-5-3-2-4-6-12)22-23(33-21)27-26(31)34-22/h2-10,15-21H,11H2,1H3,(H,27,31)/t15?,16?,17-,18?,19?,20?,21?/m1/s1. The van der Waals surface area contributed by atoms with Crippen molar-refractivity contribution in [3.05, 3.63) is 74.7 Å². The Kier molecular flexibility index (Phi) is 4.42. The summed E-state index contributed by atoms with van der Waals surface area (Å²) in [5.74, 6) is 0.530. The quantitative estimate of drug-likeness (QED) is 0.559. The molecule has 3 fully saturated rings. The van der Waals surface area contributed by atoms with Gasteiger partial charge in [0.05, 0.1) is 29.7 Å². The molecule has 1 saturated heterocycles. The van der Waals surface area contributed by atoms with E-state index in [-0.39, 0.29) is 57.4 Å². The summed E-state index contributed by atoms with van der Waals surface area (Å²) in [6.45, 7) is 0. The number of H-pyrrole nitrogens is 1. The molecule has 1 N–H and O–H groups in total. The number of aromatic nitrogens is 1. The average Bonchev–Trinajstić information content (AvgIpc) is 3.58. The van der Waals surface area contributed by atoms with Gasteiger partial charge < -0.3 is 9.72 Å². The number of thiazole rings is 1. The van der Waals surface area contributed by atoms with Crippen LogP contribution in [0.15, 0.2) is 64.4 Å². The van der Waals surface area contributed by atoms with Gasteiger partial charge in [-0.15, -0.1) is 11.8 Å². The predicted molar refractivity (Wildman–Crippen MR) is 130 cm³/mol. The minimum absolute atomic E-state index is 0.0382. The van der Waals surface area contributed by atoms with Gasteiger partial charge in [0, 0.05) is 16.0 Å². The van der Waals surface area contributed by atoms with E-state index in [9.17, 15) is 14.4 Å². The molecule has 3 aromatic rings. The molecule has 6 unspecified atom stereocenters. The summed E-state index contributed by atoms with van der Waals surface area (Å²) in [7, 11) is 1.60. The number of hydrogen-bond donors (Lipinski definition) is 1. The van der Waals surface area contributed by atoms with E-state index >= 15 is 0 Å². The molecule has 2 aromatic carbocycles. The highest BCUT2D eigenvalue weighted by atomic mass is 32.2. The highest BCUT2D eigenvalue weighted by Gasteiger charge is 2.69. The monoisotopic (exact) mass is 490 g/mol.